The molecule has 1 aliphatic heterocycles. The molecule has 3 aromatic carbocycles. The lowest BCUT2D eigenvalue weighted by Crippen LogP contribution is -2.51. The van der Waals surface area contributed by atoms with Gasteiger partial charge in [0.05, 0.1) is 24.7 Å². The maximum atomic E-state index is 12.8. The number of methoxy groups -OCH3 is 1. The Labute approximate surface area is 199 Å². The van der Waals surface area contributed by atoms with Crippen molar-refractivity contribution in [1.29, 1.82) is 0 Å². The zero-order chi connectivity index (χ0) is 22.7. The molecule has 1 heterocycles. The van der Waals surface area contributed by atoms with Crippen LogP contribution in [0.15, 0.2) is 72.8 Å². The number of ether oxygens (including phenoxy) is 1. The van der Waals surface area contributed by atoms with Crippen LogP contribution in [-0.2, 0) is 15.6 Å². The average molecular weight is 490 g/mol. The fraction of sp³-hybridized carbons (Fsp3) is 0.280. The van der Waals surface area contributed by atoms with Crippen LogP contribution >= 0.6 is 23.2 Å². The van der Waals surface area contributed by atoms with Crippen molar-refractivity contribution < 1.29 is 13.2 Å². The quantitative estimate of drug-likeness (QED) is 0.410. The zero-order valence-electron chi connectivity index (χ0n) is 17.7. The molecule has 0 aromatic heterocycles. The van der Waals surface area contributed by atoms with Crippen LogP contribution < -0.4 is 4.74 Å². The molecule has 1 saturated heterocycles. The minimum absolute atomic E-state index is 0.0325. The molecule has 0 radical (unpaired) electrons. The second kappa shape index (κ2) is 9.84. The van der Waals surface area contributed by atoms with Crippen molar-refractivity contribution >= 4 is 33.0 Å². The molecule has 32 heavy (non-hydrogen) atoms. The van der Waals surface area contributed by atoms with Gasteiger partial charge in [-0.05, 0) is 59.0 Å². The van der Waals surface area contributed by atoms with Crippen LogP contribution in [0.25, 0.3) is 0 Å². The van der Waals surface area contributed by atoms with Crippen molar-refractivity contribution in [3.8, 4) is 5.75 Å². The molecule has 1 fully saturated rings. The number of hydrogen-bond acceptors (Lipinski definition) is 4. The molecule has 0 saturated carbocycles. The van der Waals surface area contributed by atoms with Gasteiger partial charge >= 0.3 is 0 Å². The Bertz CT molecular complexity index is 1100. The van der Waals surface area contributed by atoms with Crippen LogP contribution in [0.5, 0.6) is 5.75 Å². The van der Waals surface area contributed by atoms with Crippen molar-refractivity contribution in [1.82, 2.24) is 4.90 Å². The summed E-state index contributed by atoms with van der Waals surface area (Å²) in [5, 5.41) is 1.38. The molecule has 4 rings (SSSR count). The number of rotatable bonds is 8. The topological polar surface area (TPSA) is 46.6 Å². The molecule has 1 aliphatic rings. The number of likely N-dealkylation sites (tertiary alicyclic amines) is 1. The van der Waals surface area contributed by atoms with E-state index in [4.69, 9.17) is 27.9 Å². The molecule has 0 amide bonds. The fourth-order valence-electron chi connectivity index (χ4n) is 4.22. The third-order valence-electron chi connectivity index (χ3n) is 5.76. The first-order valence-corrected chi connectivity index (χ1v) is 13.0. The maximum absolute atomic E-state index is 12.8. The molecular formula is C25H25Cl2NO3S. The van der Waals surface area contributed by atoms with Crippen molar-refractivity contribution in [3.05, 3.63) is 99.5 Å². The Morgan fingerprint density at radius 1 is 0.875 bits per heavy atom. The summed E-state index contributed by atoms with van der Waals surface area (Å²) in [5.74, 6) is 1.06. The summed E-state index contributed by atoms with van der Waals surface area (Å²) < 4.78 is 30.7. The van der Waals surface area contributed by atoms with Crippen LogP contribution in [-0.4, -0.2) is 39.3 Å². The van der Waals surface area contributed by atoms with Crippen molar-refractivity contribution in [2.75, 3.05) is 26.0 Å². The van der Waals surface area contributed by atoms with Gasteiger partial charge in [-0.3, -0.25) is 4.90 Å². The van der Waals surface area contributed by atoms with Crippen LogP contribution in [0.3, 0.4) is 0 Å². The molecule has 4 nitrogen and oxygen atoms in total. The lowest BCUT2D eigenvalue weighted by molar-refractivity contribution is 0.0812. The van der Waals surface area contributed by atoms with E-state index in [1.807, 2.05) is 48.5 Å². The standard InChI is InChI=1S/C25H25Cl2NO3S/c1-31-24-12-2-18(3-13-24)16-32(29,30)17-19-14-28(15-19)25(20-4-8-22(26)9-5-20)21-6-10-23(27)11-7-21/h2-13,19,25H,14-17H2,1H3. The van der Waals surface area contributed by atoms with Crippen molar-refractivity contribution in [3.63, 3.8) is 0 Å². The smallest absolute Gasteiger partial charge is 0.154 e. The van der Waals surface area contributed by atoms with Gasteiger partial charge in [-0.25, -0.2) is 8.42 Å². The van der Waals surface area contributed by atoms with Gasteiger partial charge in [0.2, 0.25) is 0 Å². The summed E-state index contributed by atoms with van der Waals surface area (Å²) in [6.07, 6.45) is 0. The predicted octanol–water partition coefficient (Wildman–Crippen LogP) is 5.64. The Balaban J connectivity index is 1.43. The first-order chi connectivity index (χ1) is 15.3. The van der Waals surface area contributed by atoms with Gasteiger partial charge in [-0.1, -0.05) is 59.6 Å². The molecule has 0 N–H and O–H groups in total. The van der Waals surface area contributed by atoms with Gasteiger partial charge in [0, 0.05) is 23.1 Å². The van der Waals surface area contributed by atoms with Gasteiger partial charge in [-0.2, -0.15) is 0 Å². The molecule has 168 valence electrons. The van der Waals surface area contributed by atoms with Crippen LogP contribution in [0.4, 0.5) is 0 Å². The van der Waals surface area contributed by atoms with Gasteiger partial charge in [0.25, 0.3) is 0 Å². The number of benzene rings is 3. The Kier molecular flexibility index (Phi) is 7.11. The molecule has 0 aliphatic carbocycles. The molecule has 0 atom stereocenters. The van der Waals surface area contributed by atoms with Crippen molar-refractivity contribution in [2.45, 2.75) is 11.8 Å². The Hall–Kier alpha value is -2.05. The Morgan fingerprint density at radius 3 is 1.84 bits per heavy atom. The van der Waals surface area contributed by atoms with E-state index in [0.717, 1.165) is 35.5 Å². The molecule has 0 unspecified atom stereocenters. The van der Waals surface area contributed by atoms with E-state index in [9.17, 15) is 8.42 Å². The van der Waals surface area contributed by atoms with Gasteiger partial charge in [-0.15, -0.1) is 0 Å². The summed E-state index contributed by atoms with van der Waals surface area (Å²) in [5.41, 5.74) is 3.02. The van der Waals surface area contributed by atoms with E-state index in [-0.39, 0.29) is 23.5 Å². The van der Waals surface area contributed by atoms with E-state index in [0.29, 0.717) is 10.0 Å². The van der Waals surface area contributed by atoms with E-state index in [2.05, 4.69) is 4.90 Å². The summed E-state index contributed by atoms with van der Waals surface area (Å²) in [6.45, 7) is 1.44. The second-order valence-corrected chi connectivity index (χ2v) is 11.2. The molecule has 3 aromatic rings. The lowest BCUT2D eigenvalue weighted by atomic mass is 9.91. The fourth-order valence-corrected chi connectivity index (χ4v) is 6.22. The monoisotopic (exact) mass is 489 g/mol. The second-order valence-electron chi connectivity index (χ2n) is 8.23. The van der Waals surface area contributed by atoms with E-state index >= 15 is 0 Å². The van der Waals surface area contributed by atoms with E-state index < -0.39 is 9.84 Å². The predicted molar refractivity (Wildman–Crippen MR) is 130 cm³/mol. The lowest BCUT2D eigenvalue weighted by Gasteiger charge is -2.44. The summed E-state index contributed by atoms with van der Waals surface area (Å²) in [4.78, 5) is 2.31. The number of sulfone groups is 1. The molecule has 7 heteroatoms. The zero-order valence-corrected chi connectivity index (χ0v) is 20.1. The number of hydrogen-bond donors (Lipinski definition) is 0. The summed E-state index contributed by atoms with van der Waals surface area (Å²) in [7, 11) is -1.61. The highest BCUT2D eigenvalue weighted by Gasteiger charge is 2.36. The molecule has 0 spiro atoms. The highest BCUT2D eigenvalue weighted by molar-refractivity contribution is 7.90. The normalized spacial score (nSPS) is 15.0. The van der Waals surface area contributed by atoms with Crippen molar-refractivity contribution in [2.24, 2.45) is 5.92 Å². The first-order valence-electron chi connectivity index (χ1n) is 10.4. The minimum atomic E-state index is -3.21. The SMILES string of the molecule is COc1ccc(CS(=O)(=O)CC2CN(C(c3ccc(Cl)cc3)c3ccc(Cl)cc3)C2)cc1. The molecule has 0 bridgehead atoms. The maximum Gasteiger partial charge on any atom is 0.154 e. The van der Waals surface area contributed by atoms with Gasteiger partial charge in [0.1, 0.15) is 5.75 Å². The summed E-state index contributed by atoms with van der Waals surface area (Å²) >= 11 is 12.2. The average Bonchev–Trinajstić information content (AvgIpc) is 2.75. The molecular weight excluding hydrogens is 465 g/mol. The van der Waals surface area contributed by atoms with Crippen LogP contribution in [0, 0.1) is 5.92 Å². The van der Waals surface area contributed by atoms with Crippen LogP contribution in [0.1, 0.15) is 22.7 Å². The summed E-state index contributed by atoms with van der Waals surface area (Å²) in [6, 6.07) is 22.9. The van der Waals surface area contributed by atoms with E-state index in [1.54, 1.807) is 31.4 Å². The number of nitrogens with zero attached hydrogens (tertiary/aromatic N) is 1. The minimum Gasteiger partial charge on any atom is -0.497 e. The Morgan fingerprint density at radius 2 is 1.38 bits per heavy atom. The highest BCUT2D eigenvalue weighted by Crippen LogP contribution is 2.36. The van der Waals surface area contributed by atoms with E-state index in [1.165, 1.54) is 0 Å². The van der Waals surface area contributed by atoms with Crippen LogP contribution in [0.2, 0.25) is 10.0 Å². The van der Waals surface area contributed by atoms with Gasteiger partial charge < -0.3 is 4.74 Å². The largest absolute Gasteiger partial charge is 0.497 e. The highest BCUT2D eigenvalue weighted by atomic mass is 35.5. The number of halogens is 2. The third-order valence-corrected chi connectivity index (χ3v) is 8.01. The first kappa shape index (κ1) is 23.1. The van der Waals surface area contributed by atoms with Gasteiger partial charge in [0.15, 0.2) is 9.84 Å². The third kappa shape index (κ3) is 5.65.